The molecule has 88 valence electrons. The van der Waals surface area contributed by atoms with E-state index in [1.807, 2.05) is 0 Å². The molecule has 0 heterocycles. The first-order valence-corrected chi connectivity index (χ1v) is 4.23. The van der Waals surface area contributed by atoms with E-state index in [2.05, 4.69) is 0 Å². The Balaban J connectivity index is -0.0000000800. The van der Waals surface area contributed by atoms with E-state index in [1.54, 1.807) is 0 Å². The Bertz CT molecular complexity index is 198. The van der Waals surface area contributed by atoms with Crippen molar-refractivity contribution in [3.8, 4) is 0 Å². The molecule has 0 saturated carbocycles. The standard InChI is InChI=1S/2C5H8O2.O.Ti/c2*1-4(6)3-5(2)7;;/h2*3H2,1-2H3;;/q;;-2;+4. The Labute approximate surface area is 110 Å². The molecule has 5 nitrogen and oxygen atoms in total. The van der Waals surface area contributed by atoms with Crippen molar-refractivity contribution in [2.24, 2.45) is 0 Å². The molecule has 0 N–H and O–H groups in total. The quantitative estimate of drug-likeness (QED) is 0.558. The van der Waals surface area contributed by atoms with Crippen LogP contribution in [0.3, 0.4) is 0 Å². The molecule has 0 aliphatic carbocycles. The minimum Gasteiger partial charge on any atom is -2.00 e. The van der Waals surface area contributed by atoms with E-state index in [0.717, 1.165) is 0 Å². The van der Waals surface area contributed by atoms with Crippen LogP contribution in [0.2, 0.25) is 0 Å². The van der Waals surface area contributed by atoms with Gasteiger partial charge in [0.1, 0.15) is 23.1 Å². The van der Waals surface area contributed by atoms with Crippen molar-refractivity contribution < 1.29 is 46.4 Å². The number of Topliss-reactive ketones (excluding diaryl/α,β-unsaturated/α-hetero) is 4. The summed E-state index contributed by atoms with van der Waals surface area (Å²) in [5.41, 5.74) is 0. The van der Waals surface area contributed by atoms with Gasteiger partial charge < -0.3 is 5.48 Å². The monoisotopic (exact) mass is 264 g/mol. The second kappa shape index (κ2) is 14.4. The van der Waals surface area contributed by atoms with Crippen LogP contribution in [0.15, 0.2) is 0 Å². The van der Waals surface area contributed by atoms with Gasteiger partial charge in [0, 0.05) is 0 Å². The average Bonchev–Trinajstić information content (AvgIpc) is 1.79. The van der Waals surface area contributed by atoms with Crippen LogP contribution in [0, 0.1) is 0 Å². The number of rotatable bonds is 4. The van der Waals surface area contributed by atoms with Crippen molar-refractivity contribution >= 4 is 23.1 Å². The van der Waals surface area contributed by atoms with E-state index in [0.29, 0.717) is 0 Å². The van der Waals surface area contributed by atoms with Crippen LogP contribution >= 0.6 is 0 Å². The molecule has 0 radical (unpaired) electrons. The third-order valence-corrected chi connectivity index (χ3v) is 0.996. The minimum atomic E-state index is -0.0625. The zero-order valence-electron chi connectivity index (χ0n) is 9.96. The molecular formula is C10H16O5Ti+2. The van der Waals surface area contributed by atoms with Gasteiger partial charge in [-0.2, -0.15) is 0 Å². The van der Waals surface area contributed by atoms with Gasteiger partial charge in [0.2, 0.25) is 0 Å². The summed E-state index contributed by atoms with van der Waals surface area (Å²) < 4.78 is 0. The Hall–Kier alpha value is -0.646. The third kappa shape index (κ3) is 37.7. The fourth-order valence-corrected chi connectivity index (χ4v) is 0.701. The normalized spacial score (nSPS) is 7.25. The van der Waals surface area contributed by atoms with Crippen LogP contribution in [-0.4, -0.2) is 23.1 Å². The first-order chi connectivity index (χ1) is 6.25. The fraction of sp³-hybridized carbons (Fsp3) is 0.600. The van der Waals surface area contributed by atoms with Crippen LogP contribution in [0.1, 0.15) is 40.5 Å². The summed E-state index contributed by atoms with van der Waals surface area (Å²) >= 11 is 0. The second-order valence-electron chi connectivity index (χ2n) is 3.16. The van der Waals surface area contributed by atoms with E-state index in [1.165, 1.54) is 27.7 Å². The zero-order valence-corrected chi connectivity index (χ0v) is 11.5. The Kier molecular flexibility index (Phi) is 22.0. The summed E-state index contributed by atoms with van der Waals surface area (Å²) in [4.78, 5) is 40.1. The average molecular weight is 264 g/mol. The summed E-state index contributed by atoms with van der Waals surface area (Å²) in [6, 6.07) is 0. The summed E-state index contributed by atoms with van der Waals surface area (Å²) in [5, 5.41) is 0. The molecule has 0 spiro atoms. The van der Waals surface area contributed by atoms with Gasteiger partial charge in [-0.05, 0) is 27.7 Å². The topological polar surface area (TPSA) is 96.8 Å². The molecule has 0 bridgehead atoms. The largest absolute Gasteiger partial charge is 4.00 e. The van der Waals surface area contributed by atoms with Crippen LogP contribution in [-0.2, 0) is 46.4 Å². The van der Waals surface area contributed by atoms with Gasteiger partial charge in [-0.3, -0.25) is 19.2 Å². The number of hydrogen-bond donors (Lipinski definition) is 0. The van der Waals surface area contributed by atoms with E-state index >= 15 is 0 Å². The van der Waals surface area contributed by atoms with Crippen molar-refractivity contribution in [3.05, 3.63) is 0 Å². The van der Waals surface area contributed by atoms with Crippen molar-refractivity contribution in [1.82, 2.24) is 0 Å². The smallest absolute Gasteiger partial charge is 2.00 e. The van der Waals surface area contributed by atoms with Crippen molar-refractivity contribution in [1.29, 1.82) is 0 Å². The van der Waals surface area contributed by atoms with Crippen molar-refractivity contribution in [3.63, 3.8) is 0 Å². The Morgan fingerprint density at radius 1 is 0.625 bits per heavy atom. The maximum absolute atomic E-state index is 10.0. The second-order valence-corrected chi connectivity index (χ2v) is 3.16. The van der Waals surface area contributed by atoms with Gasteiger partial charge in [0.25, 0.3) is 0 Å². The SMILES string of the molecule is CC(=O)CC(C)=O.CC(=O)CC(C)=O.[O-2].[Ti+4]. The molecule has 0 unspecified atom stereocenters. The Morgan fingerprint density at radius 2 is 0.750 bits per heavy atom. The number of carbonyl (C=O) groups is 4. The van der Waals surface area contributed by atoms with Gasteiger partial charge in [-0.1, -0.05) is 0 Å². The van der Waals surface area contributed by atoms with Gasteiger partial charge in [-0.25, -0.2) is 0 Å². The molecule has 0 rings (SSSR count). The van der Waals surface area contributed by atoms with E-state index in [4.69, 9.17) is 0 Å². The molecular weight excluding hydrogens is 248 g/mol. The number of hydrogen-bond acceptors (Lipinski definition) is 4. The molecule has 6 heteroatoms. The molecule has 0 aromatic rings. The first-order valence-electron chi connectivity index (χ1n) is 4.23. The minimum absolute atomic E-state index is 0. The summed E-state index contributed by atoms with van der Waals surface area (Å²) in [7, 11) is 0. The molecule has 16 heavy (non-hydrogen) atoms. The van der Waals surface area contributed by atoms with Crippen LogP contribution in [0.25, 0.3) is 0 Å². The number of carbonyl (C=O) groups excluding carboxylic acids is 4. The maximum Gasteiger partial charge on any atom is 4.00 e. The summed E-state index contributed by atoms with van der Waals surface area (Å²) in [6.07, 6.45) is 0.167. The third-order valence-electron chi connectivity index (χ3n) is 0.996. The molecule has 0 saturated heterocycles. The van der Waals surface area contributed by atoms with E-state index in [9.17, 15) is 19.2 Å². The van der Waals surface area contributed by atoms with Crippen LogP contribution in [0.4, 0.5) is 0 Å². The summed E-state index contributed by atoms with van der Waals surface area (Å²) in [6.45, 7) is 5.62. The van der Waals surface area contributed by atoms with E-state index < -0.39 is 0 Å². The molecule has 0 aromatic carbocycles. The van der Waals surface area contributed by atoms with Crippen molar-refractivity contribution in [2.75, 3.05) is 0 Å². The molecule has 0 fully saturated rings. The maximum atomic E-state index is 10.0. The molecule has 0 aliphatic heterocycles. The zero-order chi connectivity index (χ0) is 11.7. The Morgan fingerprint density at radius 3 is 0.750 bits per heavy atom. The molecule has 0 aromatic heterocycles. The van der Waals surface area contributed by atoms with Crippen LogP contribution < -0.4 is 0 Å². The van der Waals surface area contributed by atoms with E-state index in [-0.39, 0.29) is 63.2 Å². The predicted molar refractivity (Wildman–Crippen MR) is 52.6 cm³/mol. The van der Waals surface area contributed by atoms with Crippen molar-refractivity contribution in [2.45, 2.75) is 40.5 Å². The van der Waals surface area contributed by atoms with Gasteiger partial charge in [0.15, 0.2) is 0 Å². The molecule has 0 aliphatic rings. The van der Waals surface area contributed by atoms with Gasteiger partial charge in [0.05, 0.1) is 12.8 Å². The molecule has 0 atom stereocenters. The predicted octanol–water partition coefficient (Wildman–Crippen LogP) is 0.988. The fourth-order valence-electron chi connectivity index (χ4n) is 0.701. The molecule has 0 amide bonds. The summed E-state index contributed by atoms with van der Waals surface area (Å²) in [5.74, 6) is -0.250. The van der Waals surface area contributed by atoms with Gasteiger partial charge in [-0.15, -0.1) is 0 Å². The number of ketones is 4. The van der Waals surface area contributed by atoms with Gasteiger partial charge >= 0.3 is 21.7 Å². The first kappa shape index (κ1) is 24.5. The van der Waals surface area contributed by atoms with Crippen LogP contribution in [0.5, 0.6) is 0 Å².